The van der Waals surface area contributed by atoms with Crippen molar-refractivity contribution in [3.05, 3.63) is 75.3 Å². The summed E-state index contributed by atoms with van der Waals surface area (Å²) in [7, 11) is 0. The molecule has 0 bridgehead atoms. The van der Waals surface area contributed by atoms with Gasteiger partial charge in [0.05, 0.1) is 4.92 Å². The molecule has 0 amide bonds. The normalized spacial score (nSPS) is 10.2. The minimum absolute atomic E-state index is 0.122. The summed E-state index contributed by atoms with van der Waals surface area (Å²) in [6, 6.07) is 8.14. The molecule has 0 aromatic heterocycles. The fraction of sp³-hybridized carbons (Fsp3) is 0.0714. The lowest BCUT2D eigenvalue weighted by Gasteiger charge is -2.06. The van der Waals surface area contributed by atoms with E-state index >= 15 is 0 Å². The maximum atomic E-state index is 13.5. The third-order valence-electron chi connectivity index (χ3n) is 2.70. The van der Waals surface area contributed by atoms with Crippen LogP contribution in [0.5, 0.6) is 0 Å². The SMILES string of the molecule is O=C(OCc1ccccc1F)c1cc([N+](=O)[O-])ccc1F. The fourth-order valence-electron chi connectivity index (χ4n) is 1.62. The van der Waals surface area contributed by atoms with E-state index < -0.39 is 40.4 Å². The summed E-state index contributed by atoms with van der Waals surface area (Å²) in [5.41, 5.74) is -0.883. The summed E-state index contributed by atoms with van der Waals surface area (Å²) < 4.78 is 31.6. The third-order valence-corrected chi connectivity index (χ3v) is 2.70. The van der Waals surface area contributed by atoms with Crippen molar-refractivity contribution < 1.29 is 23.2 Å². The molecule has 2 rings (SSSR count). The topological polar surface area (TPSA) is 69.4 Å². The van der Waals surface area contributed by atoms with E-state index in [1.54, 1.807) is 6.07 Å². The van der Waals surface area contributed by atoms with Gasteiger partial charge in [-0.1, -0.05) is 18.2 Å². The Morgan fingerprint density at radius 1 is 1.14 bits per heavy atom. The van der Waals surface area contributed by atoms with E-state index in [4.69, 9.17) is 4.74 Å². The number of carbonyl (C=O) groups excluding carboxylic acids is 1. The molecule has 0 aliphatic heterocycles. The van der Waals surface area contributed by atoms with E-state index in [0.29, 0.717) is 0 Å². The number of carbonyl (C=O) groups is 1. The Kier molecular flexibility index (Phi) is 4.22. The average Bonchev–Trinajstić information content (AvgIpc) is 2.46. The van der Waals surface area contributed by atoms with Gasteiger partial charge in [0.1, 0.15) is 23.8 Å². The van der Waals surface area contributed by atoms with Gasteiger partial charge >= 0.3 is 5.97 Å². The number of ether oxygens (including phenoxy) is 1. The lowest BCUT2D eigenvalue weighted by Crippen LogP contribution is -2.09. The summed E-state index contributed by atoms with van der Waals surface area (Å²) >= 11 is 0. The molecule has 0 heterocycles. The van der Waals surface area contributed by atoms with Gasteiger partial charge in [0.2, 0.25) is 0 Å². The van der Waals surface area contributed by atoms with Gasteiger partial charge in [0.25, 0.3) is 5.69 Å². The van der Waals surface area contributed by atoms with E-state index in [9.17, 15) is 23.7 Å². The molecule has 0 aliphatic rings. The largest absolute Gasteiger partial charge is 0.457 e. The number of nitrogens with zero attached hydrogens (tertiary/aromatic N) is 1. The molecule has 0 saturated carbocycles. The third kappa shape index (κ3) is 3.38. The summed E-state index contributed by atoms with van der Waals surface area (Å²) in [5, 5.41) is 10.6. The highest BCUT2D eigenvalue weighted by atomic mass is 19.1. The van der Waals surface area contributed by atoms with Crippen LogP contribution in [-0.4, -0.2) is 10.9 Å². The molecule has 0 atom stereocenters. The van der Waals surface area contributed by atoms with Crippen LogP contribution in [0, 0.1) is 21.7 Å². The Bertz CT molecular complexity index is 703. The smallest absolute Gasteiger partial charge is 0.341 e. The predicted octanol–water partition coefficient (Wildman–Crippen LogP) is 3.23. The molecule has 0 spiro atoms. The van der Waals surface area contributed by atoms with Gasteiger partial charge in [-0.2, -0.15) is 0 Å². The van der Waals surface area contributed by atoms with Gasteiger partial charge in [-0.3, -0.25) is 10.1 Å². The first-order chi connectivity index (χ1) is 9.99. The molecular formula is C14H9F2NO4. The predicted molar refractivity (Wildman–Crippen MR) is 68.6 cm³/mol. The second kappa shape index (κ2) is 6.08. The van der Waals surface area contributed by atoms with Crippen molar-refractivity contribution >= 4 is 11.7 Å². The summed E-state index contributed by atoms with van der Waals surface area (Å²) in [5.74, 6) is -2.61. The number of benzene rings is 2. The van der Waals surface area contributed by atoms with Crippen LogP contribution in [0.2, 0.25) is 0 Å². The van der Waals surface area contributed by atoms with E-state index in [0.717, 1.165) is 18.2 Å². The van der Waals surface area contributed by atoms with E-state index in [1.807, 2.05) is 0 Å². The number of nitro benzene ring substituents is 1. The first-order valence-electron chi connectivity index (χ1n) is 5.83. The highest BCUT2D eigenvalue weighted by molar-refractivity contribution is 5.90. The van der Waals surface area contributed by atoms with Gasteiger partial charge in [-0.25, -0.2) is 13.6 Å². The quantitative estimate of drug-likeness (QED) is 0.493. The average molecular weight is 293 g/mol. The van der Waals surface area contributed by atoms with Crippen LogP contribution in [0.3, 0.4) is 0 Å². The van der Waals surface area contributed by atoms with Gasteiger partial charge in [-0.15, -0.1) is 0 Å². The number of nitro groups is 1. The zero-order valence-electron chi connectivity index (χ0n) is 10.6. The van der Waals surface area contributed by atoms with Crippen LogP contribution in [0.1, 0.15) is 15.9 Å². The zero-order valence-corrected chi connectivity index (χ0v) is 10.6. The van der Waals surface area contributed by atoms with Gasteiger partial charge in [-0.05, 0) is 12.1 Å². The second-order valence-electron chi connectivity index (χ2n) is 4.09. The van der Waals surface area contributed by atoms with Crippen LogP contribution in [-0.2, 0) is 11.3 Å². The molecule has 5 nitrogen and oxygen atoms in total. The lowest BCUT2D eigenvalue weighted by atomic mass is 10.2. The van der Waals surface area contributed by atoms with E-state index in [2.05, 4.69) is 0 Å². The van der Waals surface area contributed by atoms with Crippen molar-refractivity contribution in [2.45, 2.75) is 6.61 Å². The Balaban J connectivity index is 2.15. The second-order valence-corrected chi connectivity index (χ2v) is 4.09. The van der Waals surface area contributed by atoms with Crippen molar-refractivity contribution in [3.8, 4) is 0 Å². The number of non-ortho nitro benzene ring substituents is 1. The lowest BCUT2D eigenvalue weighted by molar-refractivity contribution is -0.384. The van der Waals surface area contributed by atoms with E-state index in [-0.39, 0.29) is 5.56 Å². The summed E-state index contributed by atoms with van der Waals surface area (Å²) in [6.45, 7) is -0.395. The van der Waals surface area contributed by atoms with Crippen molar-refractivity contribution in [1.82, 2.24) is 0 Å². The molecule has 7 heteroatoms. The highest BCUT2D eigenvalue weighted by Crippen LogP contribution is 2.18. The summed E-state index contributed by atoms with van der Waals surface area (Å²) in [6.07, 6.45) is 0. The molecular weight excluding hydrogens is 284 g/mol. The van der Waals surface area contributed by atoms with Crippen molar-refractivity contribution in [1.29, 1.82) is 0 Å². The van der Waals surface area contributed by atoms with E-state index in [1.165, 1.54) is 18.2 Å². The first kappa shape index (κ1) is 14.6. The first-order valence-corrected chi connectivity index (χ1v) is 5.83. The molecule has 0 fully saturated rings. The maximum absolute atomic E-state index is 13.5. The molecule has 0 N–H and O–H groups in total. The highest BCUT2D eigenvalue weighted by Gasteiger charge is 2.18. The van der Waals surface area contributed by atoms with Crippen LogP contribution in [0.4, 0.5) is 14.5 Å². The van der Waals surface area contributed by atoms with Gasteiger partial charge < -0.3 is 4.74 Å². The molecule has 2 aromatic carbocycles. The Morgan fingerprint density at radius 3 is 2.52 bits per heavy atom. The Morgan fingerprint density at radius 2 is 1.86 bits per heavy atom. The van der Waals surface area contributed by atoms with Gasteiger partial charge in [0.15, 0.2) is 0 Å². The van der Waals surface area contributed by atoms with Crippen molar-refractivity contribution in [2.24, 2.45) is 0 Å². The zero-order chi connectivity index (χ0) is 15.4. The van der Waals surface area contributed by atoms with Crippen LogP contribution in [0.25, 0.3) is 0 Å². The molecule has 108 valence electrons. The Hall–Kier alpha value is -2.83. The Labute approximate surface area is 117 Å². The van der Waals surface area contributed by atoms with Crippen molar-refractivity contribution in [2.75, 3.05) is 0 Å². The number of halogens is 2. The molecule has 0 unspecified atom stereocenters. The summed E-state index contributed by atoms with van der Waals surface area (Å²) in [4.78, 5) is 21.6. The number of esters is 1. The molecule has 0 saturated heterocycles. The molecule has 2 aromatic rings. The van der Waals surface area contributed by atoms with Crippen molar-refractivity contribution in [3.63, 3.8) is 0 Å². The standard InChI is InChI=1S/C14H9F2NO4/c15-12-4-2-1-3-9(12)8-21-14(18)11-7-10(17(19)20)5-6-13(11)16/h1-7H,8H2. The number of rotatable bonds is 4. The minimum Gasteiger partial charge on any atom is -0.457 e. The number of hydrogen-bond acceptors (Lipinski definition) is 4. The van der Waals surface area contributed by atoms with Crippen LogP contribution in [0.15, 0.2) is 42.5 Å². The maximum Gasteiger partial charge on any atom is 0.341 e. The minimum atomic E-state index is -1.10. The van der Waals surface area contributed by atoms with Gasteiger partial charge in [0, 0.05) is 17.7 Å². The van der Waals surface area contributed by atoms with Crippen LogP contribution < -0.4 is 0 Å². The fourth-order valence-corrected chi connectivity index (χ4v) is 1.62. The molecule has 21 heavy (non-hydrogen) atoms. The number of hydrogen-bond donors (Lipinski definition) is 0. The molecule has 0 aliphatic carbocycles. The van der Waals surface area contributed by atoms with Crippen LogP contribution >= 0.6 is 0 Å². The molecule has 0 radical (unpaired) electrons. The monoisotopic (exact) mass is 293 g/mol.